The Morgan fingerprint density at radius 2 is 2.15 bits per heavy atom. The fourth-order valence-electron chi connectivity index (χ4n) is 2.79. The predicted octanol–water partition coefficient (Wildman–Crippen LogP) is 4.60. The van der Waals surface area contributed by atoms with Crippen LogP contribution in [0.25, 0.3) is 0 Å². The van der Waals surface area contributed by atoms with E-state index in [0.29, 0.717) is 6.04 Å². The smallest absolute Gasteiger partial charge is 0.0412 e. The third kappa shape index (κ3) is 3.98. The molecule has 1 aliphatic rings. The molecule has 0 radical (unpaired) electrons. The SMILES string of the molecule is CCCNC(C)c1cc(Br)ccc1N(C)CC1CC1C. The van der Waals surface area contributed by atoms with Crippen LogP contribution < -0.4 is 10.2 Å². The molecule has 3 heteroatoms. The molecular weight excluding hydrogens is 312 g/mol. The summed E-state index contributed by atoms with van der Waals surface area (Å²) < 4.78 is 1.16. The normalized spacial score (nSPS) is 22.6. The minimum atomic E-state index is 0.390. The van der Waals surface area contributed by atoms with Gasteiger partial charge < -0.3 is 10.2 Å². The highest BCUT2D eigenvalue weighted by Gasteiger charge is 2.33. The van der Waals surface area contributed by atoms with E-state index in [2.05, 4.69) is 72.2 Å². The average Bonchev–Trinajstić information content (AvgIpc) is 3.11. The highest BCUT2D eigenvalue weighted by atomic mass is 79.9. The first-order valence-corrected chi connectivity index (χ1v) is 8.56. The summed E-state index contributed by atoms with van der Waals surface area (Å²) in [5, 5.41) is 3.60. The molecule has 1 fully saturated rings. The van der Waals surface area contributed by atoms with Crippen LogP contribution in [0.3, 0.4) is 0 Å². The van der Waals surface area contributed by atoms with Gasteiger partial charge >= 0.3 is 0 Å². The molecule has 3 unspecified atom stereocenters. The monoisotopic (exact) mass is 338 g/mol. The Kier molecular flexibility index (Phi) is 5.50. The van der Waals surface area contributed by atoms with Crippen LogP contribution in [0.15, 0.2) is 22.7 Å². The molecule has 0 heterocycles. The lowest BCUT2D eigenvalue weighted by atomic mass is 10.0. The summed E-state index contributed by atoms with van der Waals surface area (Å²) in [5.74, 6) is 1.79. The third-order valence-corrected chi connectivity index (χ3v) is 4.85. The standard InChI is InChI=1S/C17H27BrN2/c1-5-8-19-13(3)16-10-15(18)6-7-17(16)20(4)11-14-9-12(14)2/h6-7,10,12-14,19H,5,8-9,11H2,1-4H3. The molecule has 0 saturated heterocycles. The molecule has 1 aliphatic carbocycles. The molecule has 2 rings (SSSR count). The topological polar surface area (TPSA) is 15.3 Å². The molecule has 20 heavy (non-hydrogen) atoms. The van der Waals surface area contributed by atoms with Gasteiger partial charge in [0.2, 0.25) is 0 Å². The molecule has 0 aromatic heterocycles. The second-order valence-electron chi connectivity index (χ2n) is 6.23. The minimum absolute atomic E-state index is 0.390. The first-order chi connectivity index (χ1) is 9.52. The summed E-state index contributed by atoms with van der Waals surface area (Å²) in [7, 11) is 2.23. The van der Waals surface area contributed by atoms with Crippen LogP contribution in [0.4, 0.5) is 5.69 Å². The number of halogens is 1. The molecule has 1 N–H and O–H groups in total. The third-order valence-electron chi connectivity index (χ3n) is 4.35. The summed E-state index contributed by atoms with van der Waals surface area (Å²) in [5.41, 5.74) is 2.76. The molecule has 0 bridgehead atoms. The van der Waals surface area contributed by atoms with Gasteiger partial charge in [0, 0.05) is 29.8 Å². The summed E-state index contributed by atoms with van der Waals surface area (Å²) in [6.45, 7) is 9.07. The molecule has 0 amide bonds. The summed E-state index contributed by atoms with van der Waals surface area (Å²) in [4.78, 5) is 2.43. The van der Waals surface area contributed by atoms with Crippen LogP contribution in [-0.2, 0) is 0 Å². The molecule has 1 saturated carbocycles. The lowest BCUT2D eigenvalue weighted by Crippen LogP contribution is -2.25. The van der Waals surface area contributed by atoms with Gasteiger partial charge in [-0.25, -0.2) is 0 Å². The maximum atomic E-state index is 3.61. The Hall–Kier alpha value is -0.540. The molecular formula is C17H27BrN2. The highest BCUT2D eigenvalue weighted by Crippen LogP contribution is 2.39. The zero-order chi connectivity index (χ0) is 14.7. The first kappa shape index (κ1) is 15.8. The van der Waals surface area contributed by atoms with Crippen LogP contribution in [0.5, 0.6) is 0 Å². The maximum absolute atomic E-state index is 3.61. The van der Waals surface area contributed by atoms with E-state index in [1.165, 1.54) is 30.6 Å². The number of hydrogen-bond donors (Lipinski definition) is 1. The molecule has 0 spiro atoms. The van der Waals surface area contributed by atoms with Gasteiger partial charge in [-0.1, -0.05) is 29.8 Å². The quantitative estimate of drug-likeness (QED) is 0.781. The molecule has 112 valence electrons. The van der Waals surface area contributed by atoms with Gasteiger partial charge in [-0.05, 0) is 61.9 Å². The second kappa shape index (κ2) is 6.95. The van der Waals surface area contributed by atoms with Crippen molar-refractivity contribution in [2.45, 2.75) is 39.7 Å². The number of benzene rings is 1. The van der Waals surface area contributed by atoms with Gasteiger partial charge in [-0.2, -0.15) is 0 Å². The fraction of sp³-hybridized carbons (Fsp3) is 0.647. The van der Waals surface area contributed by atoms with Crippen LogP contribution >= 0.6 is 15.9 Å². The Morgan fingerprint density at radius 3 is 2.75 bits per heavy atom. The number of hydrogen-bond acceptors (Lipinski definition) is 2. The van der Waals surface area contributed by atoms with E-state index in [0.717, 1.165) is 22.9 Å². The average molecular weight is 339 g/mol. The van der Waals surface area contributed by atoms with Crippen molar-refractivity contribution in [1.29, 1.82) is 0 Å². The minimum Gasteiger partial charge on any atom is -0.374 e. The first-order valence-electron chi connectivity index (χ1n) is 7.76. The highest BCUT2D eigenvalue weighted by molar-refractivity contribution is 9.10. The molecule has 1 aromatic carbocycles. The van der Waals surface area contributed by atoms with Crippen molar-refractivity contribution in [3.63, 3.8) is 0 Å². The van der Waals surface area contributed by atoms with E-state index in [1.807, 2.05) is 0 Å². The summed E-state index contributed by atoms with van der Waals surface area (Å²) in [6, 6.07) is 7.05. The van der Waals surface area contributed by atoms with E-state index in [4.69, 9.17) is 0 Å². The number of anilines is 1. The second-order valence-corrected chi connectivity index (χ2v) is 7.15. The van der Waals surface area contributed by atoms with Crippen LogP contribution in [-0.4, -0.2) is 20.1 Å². The van der Waals surface area contributed by atoms with Crippen molar-refractivity contribution in [1.82, 2.24) is 5.32 Å². The Morgan fingerprint density at radius 1 is 1.45 bits per heavy atom. The Labute approximate surface area is 132 Å². The molecule has 3 atom stereocenters. The number of rotatable bonds is 7. The Bertz CT molecular complexity index is 447. The van der Waals surface area contributed by atoms with Gasteiger partial charge in [0.05, 0.1) is 0 Å². The van der Waals surface area contributed by atoms with Crippen molar-refractivity contribution < 1.29 is 0 Å². The molecule has 2 nitrogen and oxygen atoms in total. The van der Waals surface area contributed by atoms with Gasteiger partial charge in [0.15, 0.2) is 0 Å². The van der Waals surface area contributed by atoms with Gasteiger partial charge in [0.1, 0.15) is 0 Å². The van der Waals surface area contributed by atoms with Gasteiger partial charge in [-0.15, -0.1) is 0 Å². The lowest BCUT2D eigenvalue weighted by Gasteiger charge is -2.26. The van der Waals surface area contributed by atoms with E-state index < -0.39 is 0 Å². The van der Waals surface area contributed by atoms with Gasteiger partial charge in [-0.3, -0.25) is 0 Å². The molecule has 0 aliphatic heterocycles. The Balaban J connectivity index is 2.13. The van der Waals surface area contributed by atoms with Crippen molar-refractivity contribution in [2.75, 3.05) is 25.0 Å². The van der Waals surface area contributed by atoms with Crippen LogP contribution in [0.2, 0.25) is 0 Å². The van der Waals surface area contributed by atoms with Gasteiger partial charge in [0.25, 0.3) is 0 Å². The summed E-state index contributed by atoms with van der Waals surface area (Å²) >= 11 is 3.61. The maximum Gasteiger partial charge on any atom is 0.0412 e. The van der Waals surface area contributed by atoms with Crippen molar-refractivity contribution in [3.05, 3.63) is 28.2 Å². The number of nitrogens with zero attached hydrogens (tertiary/aromatic N) is 1. The van der Waals surface area contributed by atoms with Crippen molar-refractivity contribution in [3.8, 4) is 0 Å². The predicted molar refractivity (Wildman–Crippen MR) is 91.4 cm³/mol. The van der Waals surface area contributed by atoms with E-state index in [9.17, 15) is 0 Å². The van der Waals surface area contributed by atoms with Crippen LogP contribution in [0, 0.1) is 11.8 Å². The number of nitrogens with one attached hydrogen (secondary N) is 1. The van der Waals surface area contributed by atoms with Crippen LogP contribution in [0.1, 0.15) is 45.2 Å². The van der Waals surface area contributed by atoms with E-state index in [-0.39, 0.29) is 0 Å². The largest absolute Gasteiger partial charge is 0.374 e. The zero-order valence-corrected chi connectivity index (χ0v) is 14.7. The molecule has 1 aromatic rings. The van der Waals surface area contributed by atoms with Crippen molar-refractivity contribution >= 4 is 21.6 Å². The lowest BCUT2D eigenvalue weighted by molar-refractivity contribution is 0.569. The van der Waals surface area contributed by atoms with Crippen molar-refractivity contribution in [2.24, 2.45) is 11.8 Å². The van der Waals surface area contributed by atoms with E-state index >= 15 is 0 Å². The fourth-order valence-corrected chi connectivity index (χ4v) is 3.17. The zero-order valence-electron chi connectivity index (χ0n) is 13.1. The summed E-state index contributed by atoms with van der Waals surface area (Å²) in [6.07, 6.45) is 2.56. The van der Waals surface area contributed by atoms with E-state index in [1.54, 1.807) is 0 Å².